The smallest absolute Gasteiger partial charge is 0.123 e. The van der Waals surface area contributed by atoms with Gasteiger partial charge in [0.25, 0.3) is 0 Å². The number of hydrogen-bond acceptors (Lipinski definition) is 2. The summed E-state index contributed by atoms with van der Waals surface area (Å²) in [6.45, 7) is 2.68. The molecule has 0 aromatic heterocycles. The quantitative estimate of drug-likeness (QED) is 0.904. The van der Waals surface area contributed by atoms with Crippen LogP contribution in [0, 0.1) is 5.82 Å². The molecule has 4 heteroatoms. The fourth-order valence-electron chi connectivity index (χ4n) is 2.06. The first-order valence-electron chi connectivity index (χ1n) is 6.48. The molecular weight excluding hydrogens is 319 g/mol. The summed E-state index contributed by atoms with van der Waals surface area (Å²) in [5.74, 6) is -0.209. The lowest BCUT2D eigenvalue weighted by Gasteiger charge is -2.22. The van der Waals surface area contributed by atoms with Crippen LogP contribution >= 0.6 is 15.9 Å². The average Bonchev–Trinajstić information content (AvgIpc) is 2.41. The molecule has 0 bridgehead atoms. The molecule has 2 N–H and O–H groups in total. The maximum Gasteiger partial charge on any atom is 0.123 e. The highest BCUT2D eigenvalue weighted by atomic mass is 79.9. The van der Waals surface area contributed by atoms with E-state index in [-0.39, 0.29) is 11.9 Å². The van der Waals surface area contributed by atoms with Crippen LogP contribution in [0.25, 0.3) is 0 Å². The minimum absolute atomic E-state index is 0.0164. The molecule has 2 rings (SSSR count). The predicted molar refractivity (Wildman–Crippen MR) is 85.3 cm³/mol. The molecule has 2 aromatic rings. The van der Waals surface area contributed by atoms with E-state index >= 15 is 0 Å². The Morgan fingerprint density at radius 3 is 2.40 bits per heavy atom. The van der Waals surface area contributed by atoms with Crippen molar-refractivity contribution in [2.24, 2.45) is 5.73 Å². The Balaban J connectivity index is 2.16. The largest absolute Gasteiger partial charge is 0.369 e. The van der Waals surface area contributed by atoms with Gasteiger partial charge in [-0.3, -0.25) is 0 Å². The molecule has 1 unspecified atom stereocenters. The molecule has 2 aromatic carbocycles. The Kier molecular flexibility index (Phi) is 4.78. The number of nitrogens with zero attached hydrogens (tertiary/aromatic N) is 1. The van der Waals surface area contributed by atoms with Crippen LogP contribution in [0.2, 0.25) is 0 Å². The Bertz CT molecular complexity index is 582. The Morgan fingerprint density at radius 2 is 1.85 bits per heavy atom. The summed E-state index contributed by atoms with van der Waals surface area (Å²) in [5.41, 5.74) is 9.12. The van der Waals surface area contributed by atoms with Gasteiger partial charge in [-0.25, -0.2) is 4.39 Å². The highest BCUT2D eigenvalue weighted by molar-refractivity contribution is 9.10. The second-order valence-electron chi connectivity index (χ2n) is 4.98. The molecule has 0 aliphatic carbocycles. The monoisotopic (exact) mass is 336 g/mol. The van der Waals surface area contributed by atoms with Gasteiger partial charge < -0.3 is 10.6 Å². The van der Waals surface area contributed by atoms with Crippen LogP contribution in [-0.2, 0) is 6.54 Å². The van der Waals surface area contributed by atoms with Gasteiger partial charge in [0.05, 0.1) is 5.69 Å². The van der Waals surface area contributed by atoms with Crippen LogP contribution in [0.15, 0.2) is 46.9 Å². The van der Waals surface area contributed by atoms with Gasteiger partial charge in [0.2, 0.25) is 0 Å². The first-order chi connectivity index (χ1) is 9.47. The Hall–Kier alpha value is -1.39. The molecule has 0 amide bonds. The van der Waals surface area contributed by atoms with Crippen LogP contribution in [0.3, 0.4) is 0 Å². The number of benzene rings is 2. The van der Waals surface area contributed by atoms with Crippen molar-refractivity contribution in [3.8, 4) is 0 Å². The van der Waals surface area contributed by atoms with Gasteiger partial charge in [0.15, 0.2) is 0 Å². The van der Waals surface area contributed by atoms with Crippen LogP contribution in [-0.4, -0.2) is 7.05 Å². The number of anilines is 1. The van der Waals surface area contributed by atoms with Crippen molar-refractivity contribution in [1.82, 2.24) is 0 Å². The fraction of sp³-hybridized carbons (Fsp3) is 0.250. The Morgan fingerprint density at radius 1 is 1.20 bits per heavy atom. The zero-order valence-corrected chi connectivity index (χ0v) is 13.2. The van der Waals surface area contributed by atoms with Gasteiger partial charge in [-0.05, 0) is 58.2 Å². The van der Waals surface area contributed by atoms with Gasteiger partial charge in [0, 0.05) is 24.1 Å². The van der Waals surface area contributed by atoms with E-state index in [9.17, 15) is 4.39 Å². The zero-order chi connectivity index (χ0) is 14.7. The summed E-state index contributed by atoms with van der Waals surface area (Å²) in [6, 6.07) is 12.7. The van der Waals surface area contributed by atoms with E-state index in [1.54, 1.807) is 12.1 Å². The van der Waals surface area contributed by atoms with Crippen LogP contribution in [0.4, 0.5) is 10.1 Å². The lowest BCUT2D eigenvalue weighted by Crippen LogP contribution is -2.17. The minimum atomic E-state index is -0.209. The number of halogens is 2. The van der Waals surface area contributed by atoms with Crippen LogP contribution in [0.1, 0.15) is 24.1 Å². The van der Waals surface area contributed by atoms with Crippen molar-refractivity contribution in [2.45, 2.75) is 19.5 Å². The van der Waals surface area contributed by atoms with Gasteiger partial charge in [-0.1, -0.05) is 18.2 Å². The second kappa shape index (κ2) is 6.37. The molecule has 0 saturated carbocycles. The summed E-state index contributed by atoms with van der Waals surface area (Å²) in [4.78, 5) is 2.11. The van der Waals surface area contributed by atoms with Crippen molar-refractivity contribution in [3.05, 3.63) is 63.9 Å². The summed E-state index contributed by atoms with van der Waals surface area (Å²) in [5, 5.41) is 0. The van der Waals surface area contributed by atoms with Crippen molar-refractivity contribution < 1.29 is 4.39 Å². The van der Waals surface area contributed by atoms with Crippen molar-refractivity contribution in [1.29, 1.82) is 0 Å². The fourth-order valence-corrected chi connectivity index (χ4v) is 2.76. The van der Waals surface area contributed by atoms with Gasteiger partial charge in [-0.2, -0.15) is 0 Å². The third-order valence-electron chi connectivity index (χ3n) is 3.24. The van der Waals surface area contributed by atoms with Crippen LogP contribution < -0.4 is 10.6 Å². The highest BCUT2D eigenvalue weighted by Crippen LogP contribution is 2.29. The van der Waals surface area contributed by atoms with E-state index in [1.807, 2.05) is 32.2 Å². The number of nitrogens with two attached hydrogens (primary N) is 1. The molecule has 0 radical (unpaired) electrons. The molecule has 2 nitrogen and oxygen atoms in total. The number of rotatable bonds is 4. The normalized spacial score (nSPS) is 12.2. The lowest BCUT2D eigenvalue weighted by molar-refractivity contribution is 0.627. The highest BCUT2D eigenvalue weighted by Gasteiger charge is 2.09. The maximum atomic E-state index is 12.9. The first-order valence-corrected chi connectivity index (χ1v) is 7.27. The first kappa shape index (κ1) is 15.0. The maximum absolute atomic E-state index is 12.9. The molecule has 106 valence electrons. The zero-order valence-electron chi connectivity index (χ0n) is 11.6. The molecule has 0 saturated heterocycles. The minimum Gasteiger partial charge on any atom is -0.369 e. The van der Waals surface area contributed by atoms with Gasteiger partial charge in [0.1, 0.15) is 5.82 Å². The molecule has 0 spiro atoms. The van der Waals surface area contributed by atoms with Crippen molar-refractivity contribution in [2.75, 3.05) is 11.9 Å². The standard InChI is InChI=1S/C16H18BrFN2/c1-11(19)13-5-8-16(15(17)9-13)20(2)10-12-3-6-14(18)7-4-12/h3-9,11H,10,19H2,1-2H3. The summed E-state index contributed by atoms with van der Waals surface area (Å²) in [7, 11) is 2.01. The van der Waals surface area contributed by atoms with E-state index in [1.165, 1.54) is 12.1 Å². The van der Waals surface area contributed by atoms with E-state index in [0.717, 1.165) is 27.8 Å². The lowest BCUT2D eigenvalue weighted by atomic mass is 10.1. The second-order valence-corrected chi connectivity index (χ2v) is 5.84. The van der Waals surface area contributed by atoms with E-state index in [2.05, 4.69) is 20.8 Å². The molecular formula is C16H18BrFN2. The molecule has 20 heavy (non-hydrogen) atoms. The molecule has 0 heterocycles. The van der Waals surface area contributed by atoms with Crippen molar-refractivity contribution in [3.63, 3.8) is 0 Å². The SMILES string of the molecule is CC(N)c1ccc(N(C)Cc2ccc(F)cc2)c(Br)c1. The predicted octanol–water partition coefficient (Wildman–Crippen LogP) is 4.24. The van der Waals surface area contributed by atoms with Crippen molar-refractivity contribution >= 4 is 21.6 Å². The molecule has 1 atom stereocenters. The third-order valence-corrected chi connectivity index (χ3v) is 3.88. The van der Waals surface area contributed by atoms with E-state index in [4.69, 9.17) is 5.73 Å². The van der Waals surface area contributed by atoms with E-state index in [0.29, 0.717) is 0 Å². The summed E-state index contributed by atoms with van der Waals surface area (Å²) >= 11 is 3.58. The van der Waals surface area contributed by atoms with Gasteiger partial charge in [-0.15, -0.1) is 0 Å². The summed E-state index contributed by atoms with van der Waals surface area (Å²) < 4.78 is 13.9. The molecule has 0 fully saturated rings. The van der Waals surface area contributed by atoms with Gasteiger partial charge >= 0.3 is 0 Å². The van der Waals surface area contributed by atoms with Crippen LogP contribution in [0.5, 0.6) is 0 Å². The third kappa shape index (κ3) is 3.58. The Labute approximate surface area is 127 Å². The molecule has 0 aliphatic heterocycles. The summed E-state index contributed by atoms with van der Waals surface area (Å²) in [6.07, 6.45) is 0. The average molecular weight is 337 g/mol. The topological polar surface area (TPSA) is 29.3 Å². The van der Waals surface area contributed by atoms with E-state index < -0.39 is 0 Å². The number of hydrogen-bond donors (Lipinski definition) is 1. The molecule has 0 aliphatic rings.